The highest BCUT2D eigenvalue weighted by atomic mass is 16.6. The number of esters is 1. The van der Waals surface area contributed by atoms with Crippen LogP contribution in [-0.2, 0) is 14.3 Å². The van der Waals surface area contributed by atoms with Gasteiger partial charge in [0.05, 0.1) is 25.1 Å². The zero-order valence-electron chi connectivity index (χ0n) is 15.7. The largest absolute Gasteiger partial charge is 0.490 e. The predicted molar refractivity (Wildman–Crippen MR) is 95.4 cm³/mol. The molecule has 1 unspecified atom stereocenters. The van der Waals surface area contributed by atoms with Crippen LogP contribution in [0, 0.1) is 16.0 Å². The lowest BCUT2D eigenvalue weighted by Crippen LogP contribution is -2.41. The molecule has 0 aliphatic rings. The third-order valence-electron chi connectivity index (χ3n) is 3.76. The van der Waals surface area contributed by atoms with Gasteiger partial charge in [-0.1, -0.05) is 6.92 Å². The quantitative estimate of drug-likeness (QED) is 0.384. The highest BCUT2D eigenvalue weighted by Gasteiger charge is 2.25. The molecule has 10 heteroatoms. The van der Waals surface area contributed by atoms with E-state index >= 15 is 0 Å². The Bertz CT molecular complexity index is 720. The van der Waals surface area contributed by atoms with Crippen LogP contribution < -0.4 is 10.1 Å². The smallest absolute Gasteiger partial charge is 0.311 e. The third kappa shape index (κ3) is 6.24. The minimum absolute atomic E-state index is 0.0317. The van der Waals surface area contributed by atoms with Crippen LogP contribution in [0.3, 0.4) is 0 Å². The first kappa shape index (κ1) is 21.9. The molecule has 0 bridgehead atoms. The summed E-state index contributed by atoms with van der Waals surface area (Å²) < 4.78 is 9.60. The van der Waals surface area contributed by atoms with Gasteiger partial charge in [0.25, 0.3) is 5.91 Å². The molecule has 10 nitrogen and oxygen atoms in total. The van der Waals surface area contributed by atoms with Crippen molar-refractivity contribution in [1.29, 1.82) is 0 Å². The zero-order chi connectivity index (χ0) is 20.6. The summed E-state index contributed by atoms with van der Waals surface area (Å²) >= 11 is 0. The van der Waals surface area contributed by atoms with E-state index in [9.17, 15) is 24.5 Å². The van der Waals surface area contributed by atoms with Gasteiger partial charge in [-0.2, -0.15) is 0 Å². The summed E-state index contributed by atoms with van der Waals surface area (Å²) in [6.07, 6.45) is 0. The number of amides is 2. The first-order chi connectivity index (χ1) is 12.7. The molecular weight excluding hydrogens is 358 g/mol. The number of carbonyl (C=O) groups is 3. The molecular formula is C17H23N3O7. The Morgan fingerprint density at radius 1 is 1.30 bits per heavy atom. The summed E-state index contributed by atoms with van der Waals surface area (Å²) in [5.41, 5.74) is -0.270. The van der Waals surface area contributed by atoms with Crippen molar-refractivity contribution in [2.75, 3.05) is 33.9 Å². The van der Waals surface area contributed by atoms with Crippen LogP contribution in [0.2, 0.25) is 0 Å². The lowest BCUT2D eigenvalue weighted by Gasteiger charge is -2.25. The number of nitro benzene ring substituents is 1. The Labute approximate surface area is 156 Å². The topological polar surface area (TPSA) is 128 Å². The van der Waals surface area contributed by atoms with Crippen molar-refractivity contribution in [1.82, 2.24) is 10.2 Å². The number of methoxy groups -OCH3 is 2. The average molecular weight is 381 g/mol. The van der Waals surface area contributed by atoms with Gasteiger partial charge < -0.3 is 19.7 Å². The molecule has 0 spiro atoms. The van der Waals surface area contributed by atoms with E-state index < -0.39 is 22.7 Å². The van der Waals surface area contributed by atoms with Gasteiger partial charge in [-0.15, -0.1) is 0 Å². The van der Waals surface area contributed by atoms with Gasteiger partial charge in [-0.05, 0) is 12.1 Å². The monoisotopic (exact) mass is 381 g/mol. The molecule has 1 aromatic carbocycles. The van der Waals surface area contributed by atoms with Gasteiger partial charge in [0, 0.05) is 38.2 Å². The average Bonchev–Trinajstić information content (AvgIpc) is 2.64. The normalized spacial score (nSPS) is 11.3. The van der Waals surface area contributed by atoms with Crippen LogP contribution in [0.1, 0.15) is 24.2 Å². The Balaban J connectivity index is 3.10. The van der Waals surface area contributed by atoms with Crippen molar-refractivity contribution in [2.45, 2.75) is 13.8 Å². The van der Waals surface area contributed by atoms with E-state index in [1.165, 1.54) is 38.2 Å². The Kier molecular flexibility index (Phi) is 8.18. The van der Waals surface area contributed by atoms with Crippen LogP contribution in [0.4, 0.5) is 5.69 Å². The van der Waals surface area contributed by atoms with Gasteiger partial charge in [0.15, 0.2) is 5.75 Å². The summed E-state index contributed by atoms with van der Waals surface area (Å²) in [5, 5.41) is 13.7. The second-order valence-corrected chi connectivity index (χ2v) is 5.80. The number of hydrogen-bond acceptors (Lipinski definition) is 7. The maximum Gasteiger partial charge on any atom is 0.311 e. The van der Waals surface area contributed by atoms with E-state index in [4.69, 9.17) is 4.74 Å². The molecule has 1 atom stereocenters. The molecule has 1 aromatic rings. The number of nitrogens with one attached hydrogen (secondary N) is 1. The molecule has 1 N–H and O–H groups in total. The van der Waals surface area contributed by atoms with E-state index in [2.05, 4.69) is 10.1 Å². The Morgan fingerprint density at radius 2 is 1.96 bits per heavy atom. The molecule has 0 aromatic heterocycles. The minimum Gasteiger partial charge on any atom is -0.490 e. The maximum absolute atomic E-state index is 12.8. The predicted octanol–water partition coefficient (Wildman–Crippen LogP) is 0.991. The van der Waals surface area contributed by atoms with E-state index in [1.807, 2.05) is 0 Å². The molecule has 0 fully saturated rings. The first-order valence-electron chi connectivity index (χ1n) is 8.15. The van der Waals surface area contributed by atoms with E-state index in [0.29, 0.717) is 0 Å². The summed E-state index contributed by atoms with van der Waals surface area (Å²) in [6.45, 7) is 3.27. The van der Waals surface area contributed by atoms with E-state index in [0.717, 1.165) is 6.07 Å². The molecule has 0 radical (unpaired) electrons. The van der Waals surface area contributed by atoms with Crippen molar-refractivity contribution in [3.8, 4) is 5.75 Å². The number of nitrogens with zero attached hydrogens (tertiary/aromatic N) is 2. The highest BCUT2D eigenvalue weighted by molar-refractivity contribution is 5.95. The fourth-order valence-corrected chi connectivity index (χ4v) is 2.40. The fraction of sp³-hybridized carbons (Fsp3) is 0.471. The number of rotatable bonds is 9. The molecule has 27 heavy (non-hydrogen) atoms. The molecule has 0 aliphatic carbocycles. The minimum atomic E-state index is -0.645. The zero-order valence-corrected chi connectivity index (χ0v) is 15.7. The number of hydrogen-bond donors (Lipinski definition) is 1. The lowest BCUT2D eigenvalue weighted by atomic mass is 10.1. The number of benzene rings is 1. The van der Waals surface area contributed by atoms with Crippen LogP contribution >= 0.6 is 0 Å². The number of ether oxygens (including phenoxy) is 2. The van der Waals surface area contributed by atoms with E-state index in [-0.39, 0.29) is 42.5 Å². The second kappa shape index (κ2) is 10.1. The molecule has 0 aliphatic heterocycles. The van der Waals surface area contributed by atoms with Gasteiger partial charge in [0.1, 0.15) is 0 Å². The highest BCUT2D eigenvalue weighted by Crippen LogP contribution is 2.28. The molecule has 2 amide bonds. The summed E-state index contributed by atoms with van der Waals surface area (Å²) in [6, 6.07) is 3.86. The lowest BCUT2D eigenvalue weighted by molar-refractivity contribution is -0.385. The molecule has 0 saturated heterocycles. The van der Waals surface area contributed by atoms with Crippen LogP contribution in [0.5, 0.6) is 5.75 Å². The van der Waals surface area contributed by atoms with E-state index in [1.54, 1.807) is 6.92 Å². The SMILES string of the molecule is COC(=O)C(C)CN(CCNC(C)=O)C(=O)c1ccc(OC)c([N+](=O)[O-])c1. The van der Waals surface area contributed by atoms with Crippen molar-refractivity contribution in [2.24, 2.45) is 5.92 Å². The van der Waals surface area contributed by atoms with Gasteiger partial charge >= 0.3 is 11.7 Å². The molecule has 0 saturated carbocycles. The maximum atomic E-state index is 12.8. The number of nitro groups is 1. The fourth-order valence-electron chi connectivity index (χ4n) is 2.40. The van der Waals surface area contributed by atoms with Crippen LogP contribution in [0.15, 0.2) is 18.2 Å². The van der Waals surface area contributed by atoms with Crippen molar-refractivity contribution >= 4 is 23.5 Å². The van der Waals surface area contributed by atoms with Crippen LogP contribution in [-0.4, -0.2) is 61.5 Å². The molecule has 1 rings (SSSR count). The van der Waals surface area contributed by atoms with Gasteiger partial charge in [0.2, 0.25) is 5.91 Å². The summed E-state index contributed by atoms with van der Waals surface area (Å²) in [4.78, 5) is 47.4. The Morgan fingerprint density at radius 3 is 2.48 bits per heavy atom. The van der Waals surface area contributed by atoms with Crippen LogP contribution in [0.25, 0.3) is 0 Å². The van der Waals surface area contributed by atoms with Crippen molar-refractivity contribution in [3.05, 3.63) is 33.9 Å². The van der Waals surface area contributed by atoms with Gasteiger partial charge in [-0.25, -0.2) is 0 Å². The van der Waals surface area contributed by atoms with Crippen molar-refractivity contribution < 1.29 is 28.8 Å². The molecule has 148 valence electrons. The Hall–Kier alpha value is -3.17. The first-order valence-corrected chi connectivity index (χ1v) is 8.15. The molecule has 0 heterocycles. The summed E-state index contributed by atoms with van der Waals surface area (Å²) in [5.74, 6) is -1.84. The standard InChI is InChI=1S/C17H23N3O7/c1-11(17(23)27-4)10-19(8-7-18-12(2)21)16(22)13-5-6-15(26-3)14(9-13)20(24)25/h5-6,9,11H,7-8,10H2,1-4H3,(H,18,21). The number of carbonyl (C=O) groups excluding carboxylic acids is 3. The summed E-state index contributed by atoms with van der Waals surface area (Å²) in [7, 11) is 2.54. The van der Waals surface area contributed by atoms with Gasteiger partial charge in [-0.3, -0.25) is 24.5 Å². The van der Waals surface area contributed by atoms with Crippen molar-refractivity contribution in [3.63, 3.8) is 0 Å². The second-order valence-electron chi connectivity index (χ2n) is 5.80. The third-order valence-corrected chi connectivity index (χ3v) is 3.76.